The number of hydrogen-bond acceptors (Lipinski definition) is 2. The Hall–Kier alpha value is -1.83. The maximum absolute atomic E-state index is 12.9. The van der Waals surface area contributed by atoms with Crippen LogP contribution in [-0.4, -0.2) is 18.6 Å². The fourth-order valence-electron chi connectivity index (χ4n) is 2.85. The van der Waals surface area contributed by atoms with Gasteiger partial charge in [-0.3, -0.25) is 0 Å². The smallest absolute Gasteiger partial charge is 0.193 e. The van der Waals surface area contributed by atoms with E-state index in [-0.39, 0.29) is 35.9 Å². The van der Waals surface area contributed by atoms with Crippen molar-refractivity contribution in [3.63, 3.8) is 0 Å². The van der Waals surface area contributed by atoms with Gasteiger partial charge in [-0.05, 0) is 73.7 Å². The number of anilines is 1. The fourth-order valence-corrected chi connectivity index (χ4v) is 2.85. The monoisotopic (exact) mass is 455 g/mol. The second-order valence-corrected chi connectivity index (χ2v) is 6.07. The molecule has 25 heavy (non-hydrogen) atoms. The molecule has 1 aliphatic rings. The molecule has 0 bridgehead atoms. The van der Waals surface area contributed by atoms with Crippen LogP contribution in [0.2, 0.25) is 0 Å². The van der Waals surface area contributed by atoms with Crippen LogP contribution in [0.3, 0.4) is 0 Å². The number of nitrogens with two attached hydrogens (primary N) is 1. The summed E-state index contributed by atoms with van der Waals surface area (Å²) in [5, 5.41) is 3.12. The van der Waals surface area contributed by atoms with Gasteiger partial charge in [0.05, 0.1) is 6.54 Å². The summed E-state index contributed by atoms with van der Waals surface area (Å²) < 4.78 is 18.5. The maximum atomic E-state index is 12.9. The van der Waals surface area contributed by atoms with Crippen molar-refractivity contribution in [2.24, 2.45) is 10.7 Å². The van der Waals surface area contributed by atoms with Crippen LogP contribution in [0.25, 0.3) is 0 Å². The maximum Gasteiger partial charge on any atom is 0.193 e. The van der Waals surface area contributed by atoms with Crippen LogP contribution in [0.1, 0.15) is 24.5 Å². The van der Waals surface area contributed by atoms with E-state index >= 15 is 0 Å². The van der Waals surface area contributed by atoms with E-state index in [4.69, 9.17) is 10.5 Å². The van der Waals surface area contributed by atoms with Gasteiger partial charge in [-0.15, -0.1) is 24.0 Å². The molecule has 2 aromatic rings. The van der Waals surface area contributed by atoms with Crippen molar-refractivity contribution in [1.82, 2.24) is 0 Å². The average Bonchev–Trinajstić information content (AvgIpc) is 3.03. The largest absolute Gasteiger partial charge is 0.489 e. The predicted molar refractivity (Wildman–Crippen MR) is 110 cm³/mol. The summed E-state index contributed by atoms with van der Waals surface area (Å²) in [4.78, 5) is 4.31. The highest BCUT2D eigenvalue weighted by Crippen LogP contribution is 2.24. The summed E-state index contributed by atoms with van der Waals surface area (Å²) in [6.45, 7) is 2.32. The predicted octanol–water partition coefficient (Wildman–Crippen LogP) is 4.13. The van der Waals surface area contributed by atoms with Gasteiger partial charge >= 0.3 is 0 Å². The molecule has 3 rings (SSSR count). The molecule has 0 spiro atoms. The molecule has 0 aromatic heterocycles. The van der Waals surface area contributed by atoms with Crippen LogP contribution in [-0.2, 0) is 12.8 Å². The van der Waals surface area contributed by atoms with Gasteiger partial charge in [0, 0.05) is 5.69 Å². The second-order valence-electron chi connectivity index (χ2n) is 6.07. The molecule has 4 nitrogen and oxygen atoms in total. The molecule has 0 radical (unpaired) electrons. The van der Waals surface area contributed by atoms with E-state index in [1.54, 1.807) is 12.1 Å². The Kier molecular flexibility index (Phi) is 7.04. The van der Waals surface area contributed by atoms with Crippen LogP contribution in [0.5, 0.6) is 5.75 Å². The first kappa shape index (κ1) is 19.5. The van der Waals surface area contributed by atoms with Gasteiger partial charge in [-0.25, -0.2) is 9.38 Å². The van der Waals surface area contributed by atoms with Crippen LogP contribution in [0.15, 0.2) is 47.5 Å². The highest BCUT2D eigenvalue weighted by molar-refractivity contribution is 14.0. The van der Waals surface area contributed by atoms with E-state index in [2.05, 4.69) is 22.4 Å². The number of rotatable bonds is 5. The van der Waals surface area contributed by atoms with Crippen LogP contribution in [0, 0.1) is 5.82 Å². The van der Waals surface area contributed by atoms with Gasteiger partial charge < -0.3 is 15.8 Å². The Bertz CT molecular complexity index is 734. The molecule has 0 heterocycles. The standard InChI is InChI=1S/C19H22FN3O.HI/c1-13(24-18-9-6-16(20)7-10-18)12-22-19(21)23-17-8-5-14-3-2-4-15(14)11-17;/h5-11,13H,2-4,12H2,1H3,(H3,21,22,23);1H. The molecule has 1 unspecified atom stereocenters. The highest BCUT2D eigenvalue weighted by atomic mass is 127. The summed E-state index contributed by atoms with van der Waals surface area (Å²) in [5.41, 5.74) is 9.73. The zero-order valence-corrected chi connectivity index (χ0v) is 16.5. The molecule has 1 atom stereocenters. The first-order valence-electron chi connectivity index (χ1n) is 8.21. The fraction of sp³-hybridized carbons (Fsp3) is 0.316. The number of aliphatic imine (C=N–C) groups is 1. The molecule has 134 valence electrons. The van der Waals surface area contributed by atoms with Crippen LogP contribution < -0.4 is 15.8 Å². The summed E-state index contributed by atoms with van der Waals surface area (Å²) in [5.74, 6) is 0.697. The molecule has 0 amide bonds. The number of halogens is 2. The van der Waals surface area contributed by atoms with Crippen molar-refractivity contribution < 1.29 is 9.13 Å². The zero-order chi connectivity index (χ0) is 16.9. The van der Waals surface area contributed by atoms with Crippen molar-refractivity contribution >= 4 is 35.6 Å². The third-order valence-corrected chi connectivity index (χ3v) is 4.04. The van der Waals surface area contributed by atoms with Crippen molar-refractivity contribution in [3.8, 4) is 5.75 Å². The van der Waals surface area contributed by atoms with Crippen LogP contribution in [0.4, 0.5) is 10.1 Å². The minimum atomic E-state index is -0.282. The van der Waals surface area contributed by atoms with Crippen LogP contribution >= 0.6 is 24.0 Å². The number of hydrogen-bond donors (Lipinski definition) is 2. The molecule has 0 saturated heterocycles. The summed E-state index contributed by atoms with van der Waals surface area (Å²) >= 11 is 0. The number of nitrogens with zero attached hydrogens (tertiary/aromatic N) is 1. The second kappa shape index (κ2) is 9.03. The first-order chi connectivity index (χ1) is 11.6. The van der Waals surface area contributed by atoms with E-state index in [1.165, 1.54) is 29.7 Å². The number of aryl methyl sites for hydroxylation is 2. The normalized spacial score (nSPS) is 14.4. The van der Waals surface area contributed by atoms with E-state index < -0.39 is 0 Å². The van der Waals surface area contributed by atoms with E-state index in [9.17, 15) is 4.39 Å². The quantitative estimate of drug-likeness (QED) is 0.405. The molecule has 6 heteroatoms. The first-order valence-corrected chi connectivity index (χ1v) is 8.21. The topological polar surface area (TPSA) is 59.6 Å². The van der Waals surface area contributed by atoms with Gasteiger partial charge in [0.2, 0.25) is 0 Å². The van der Waals surface area contributed by atoms with Gasteiger partial charge in [0.25, 0.3) is 0 Å². The minimum Gasteiger partial charge on any atom is -0.489 e. The van der Waals surface area contributed by atoms with Crippen molar-refractivity contribution in [1.29, 1.82) is 0 Å². The van der Waals surface area contributed by atoms with Gasteiger partial charge in [0.15, 0.2) is 5.96 Å². The number of guanidine groups is 1. The molecule has 3 N–H and O–H groups in total. The third-order valence-electron chi connectivity index (χ3n) is 4.04. The lowest BCUT2D eigenvalue weighted by Crippen LogP contribution is -2.25. The molecular formula is C19H23FIN3O. The van der Waals surface area contributed by atoms with Gasteiger partial charge in [-0.2, -0.15) is 0 Å². The Morgan fingerprint density at radius 1 is 1.20 bits per heavy atom. The minimum absolute atomic E-state index is 0. The van der Waals surface area contributed by atoms with E-state index in [1.807, 2.05) is 13.0 Å². The number of ether oxygens (including phenoxy) is 1. The zero-order valence-electron chi connectivity index (χ0n) is 14.2. The molecule has 0 aliphatic heterocycles. The third kappa shape index (κ3) is 5.59. The molecular weight excluding hydrogens is 432 g/mol. The van der Waals surface area contributed by atoms with Crippen molar-refractivity contribution in [2.45, 2.75) is 32.3 Å². The van der Waals surface area contributed by atoms with Gasteiger partial charge in [0.1, 0.15) is 17.7 Å². The SMILES string of the molecule is CC(CN=C(N)Nc1ccc2c(c1)CCC2)Oc1ccc(F)cc1.I. The number of benzene rings is 2. The lowest BCUT2D eigenvalue weighted by Gasteiger charge is -2.13. The van der Waals surface area contributed by atoms with E-state index in [0.29, 0.717) is 18.3 Å². The Labute approximate surface area is 164 Å². The Morgan fingerprint density at radius 3 is 2.68 bits per heavy atom. The Balaban J connectivity index is 0.00000225. The average molecular weight is 455 g/mol. The van der Waals surface area contributed by atoms with Crippen molar-refractivity contribution in [3.05, 3.63) is 59.4 Å². The number of nitrogens with one attached hydrogen (secondary N) is 1. The molecule has 0 fully saturated rings. The highest BCUT2D eigenvalue weighted by Gasteiger charge is 2.11. The number of fused-ring (bicyclic) bond motifs is 1. The summed E-state index contributed by atoms with van der Waals surface area (Å²) in [7, 11) is 0. The van der Waals surface area contributed by atoms with Crippen molar-refractivity contribution in [2.75, 3.05) is 11.9 Å². The molecule has 1 aliphatic carbocycles. The van der Waals surface area contributed by atoms with E-state index in [0.717, 1.165) is 18.5 Å². The summed E-state index contributed by atoms with van der Waals surface area (Å²) in [6, 6.07) is 12.3. The molecule has 0 saturated carbocycles. The molecule has 2 aromatic carbocycles. The van der Waals surface area contributed by atoms with Gasteiger partial charge in [-0.1, -0.05) is 6.07 Å². The summed E-state index contributed by atoms with van der Waals surface area (Å²) in [6.07, 6.45) is 3.36. The lowest BCUT2D eigenvalue weighted by atomic mass is 10.1. The Morgan fingerprint density at radius 2 is 1.92 bits per heavy atom. The lowest BCUT2D eigenvalue weighted by molar-refractivity contribution is 0.230.